The van der Waals surface area contributed by atoms with E-state index in [-0.39, 0.29) is 12.8 Å². The molecule has 59 heavy (non-hydrogen) atoms. The second-order valence-corrected chi connectivity index (χ2v) is 16.5. The molecule has 340 valence electrons. The van der Waals surface area contributed by atoms with E-state index >= 15 is 0 Å². The molecule has 0 spiro atoms. The Kier molecular flexibility index (Phi) is 41.6. The third kappa shape index (κ3) is 41.9. The Labute approximate surface area is 358 Å². The second-order valence-electron chi connectivity index (χ2n) is 15.0. The Morgan fingerprint density at radius 2 is 0.797 bits per heavy atom. The Hall–Kier alpha value is -2.59. The van der Waals surface area contributed by atoms with E-state index in [1.165, 1.54) is 44.9 Å². The first-order valence-corrected chi connectivity index (χ1v) is 24.4. The van der Waals surface area contributed by atoms with Crippen molar-refractivity contribution in [3.8, 4) is 0 Å². The summed E-state index contributed by atoms with van der Waals surface area (Å²) in [5.74, 6) is -1.04. The minimum atomic E-state index is -4.65. The van der Waals surface area contributed by atoms with Gasteiger partial charge in [0.1, 0.15) is 12.2 Å². The predicted molar refractivity (Wildman–Crippen MR) is 242 cm³/mol. The number of ether oxygens (including phenoxy) is 2. The molecule has 0 aliphatic heterocycles. The number of esters is 2. The topological polar surface area (TPSA) is 149 Å². The van der Waals surface area contributed by atoms with Crippen LogP contribution in [0, 0.1) is 0 Å². The van der Waals surface area contributed by atoms with E-state index in [9.17, 15) is 29.3 Å². The molecular formula is C48H83O10P. The van der Waals surface area contributed by atoms with Crippen molar-refractivity contribution in [1.82, 2.24) is 0 Å². The van der Waals surface area contributed by atoms with E-state index < -0.39 is 58.4 Å². The second kappa shape index (κ2) is 43.5. The van der Waals surface area contributed by atoms with Crippen LogP contribution < -0.4 is 0 Å². The number of carbonyl (C=O) groups is 2. The lowest BCUT2D eigenvalue weighted by atomic mass is 10.1. The fourth-order valence-electron chi connectivity index (χ4n) is 5.90. The maximum absolute atomic E-state index is 12.4. The number of hydrogen-bond acceptors (Lipinski definition) is 9. The van der Waals surface area contributed by atoms with Crippen molar-refractivity contribution in [1.29, 1.82) is 0 Å². The standard InChI is InChI=1S/C48H83O10P/c1-3-5-7-9-11-13-15-17-19-20-21-22-23-24-26-28-30-32-34-36-38-40-48(52)58-46(42-50)44-56-59(53,54)55-43-45(41-49)57-47(51)39-37-35-33-31-29-27-25-18-16-14-12-10-8-6-4-2/h5,7,11-14,17-19,21-22,25,45-46,49-50H,3-4,6,8-10,15-16,20,23-24,26-44H2,1-2H3,(H,53,54)/b7-5-,13-11-,14-12-,19-17-,22-21-,25-18-. The van der Waals surface area contributed by atoms with Crippen molar-refractivity contribution >= 4 is 19.8 Å². The summed E-state index contributed by atoms with van der Waals surface area (Å²) in [7, 11) is -4.65. The van der Waals surface area contributed by atoms with E-state index in [4.69, 9.17) is 18.5 Å². The van der Waals surface area contributed by atoms with Gasteiger partial charge in [-0.05, 0) is 83.5 Å². The minimum absolute atomic E-state index is 0.173. The minimum Gasteiger partial charge on any atom is -0.457 e. The Bertz CT molecular complexity index is 1210. The number of aliphatic hydroxyl groups is 2. The number of phosphoric ester groups is 1. The quantitative estimate of drug-likeness (QED) is 0.0234. The zero-order valence-corrected chi connectivity index (χ0v) is 37.8. The molecule has 10 nitrogen and oxygen atoms in total. The Morgan fingerprint density at radius 1 is 0.475 bits per heavy atom. The summed E-state index contributed by atoms with van der Waals surface area (Å²) in [4.78, 5) is 34.6. The molecule has 0 fully saturated rings. The average Bonchev–Trinajstić information content (AvgIpc) is 3.22. The fourth-order valence-corrected chi connectivity index (χ4v) is 6.68. The first-order chi connectivity index (χ1) is 28.8. The third-order valence-corrected chi connectivity index (χ3v) is 10.4. The van der Waals surface area contributed by atoms with Gasteiger partial charge in [0.25, 0.3) is 0 Å². The first kappa shape index (κ1) is 56.4. The summed E-state index contributed by atoms with van der Waals surface area (Å²) in [6.45, 7) is 2.04. The van der Waals surface area contributed by atoms with E-state index in [1.807, 2.05) is 0 Å². The number of aliphatic hydroxyl groups excluding tert-OH is 2. The summed E-state index contributed by atoms with van der Waals surface area (Å²) in [5, 5.41) is 19.2. The van der Waals surface area contributed by atoms with E-state index in [0.717, 1.165) is 96.3 Å². The maximum Gasteiger partial charge on any atom is 0.472 e. The number of carbonyl (C=O) groups excluding carboxylic acids is 2. The summed E-state index contributed by atoms with van der Waals surface area (Å²) in [6, 6.07) is 0. The molecule has 0 saturated heterocycles. The molecule has 0 rings (SSSR count). The number of phosphoric acid groups is 1. The molecule has 0 aliphatic rings. The van der Waals surface area contributed by atoms with Crippen LogP contribution in [0.1, 0.15) is 181 Å². The van der Waals surface area contributed by atoms with Crippen molar-refractivity contribution in [2.24, 2.45) is 0 Å². The van der Waals surface area contributed by atoms with E-state index in [2.05, 4.69) is 86.8 Å². The molecule has 0 saturated carbocycles. The lowest BCUT2D eigenvalue weighted by Gasteiger charge is -2.20. The van der Waals surface area contributed by atoms with E-state index in [0.29, 0.717) is 12.8 Å². The number of allylic oxidation sites excluding steroid dienone is 12. The molecule has 0 bridgehead atoms. The molecule has 0 aromatic carbocycles. The molecular weight excluding hydrogens is 767 g/mol. The van der Waals surface area contributed by atoms with Gasteiger partial charge in [-0.3, -0.25) is 18.6 Å². The molecule has 3 N–H and O–H groups in total. The van der Waals surface area contributed by atoms with Crippen LogP contribution in [0.25, 0.3) is 0 Å². The number of hydrogen-bond donors (Lipinski definition) is 3. The Morgan fingerprint density at radius 3 is 1.15 bits per heavy atom. The predicted octanol–water partition coefficient (Wildman–Crippen LogP) is 12.4. The number of rotatable bonds is 42. The van der Waals surface area contributed by atoms with E-state index in [1.54, 1.807) is 0 Å². The first-order valence-electron chi connectivity index (χ1n) is 22.9. The molecule has 0 aromatic rings. The third-order valence-electron chi connectivity index (χ3n) is 9.40. The molecule has 3 atom stereocenters. The maximum atomic E-state index is 12.4. The molecule has 3 unspecified atom stereocenters. The van der Waals surface area contributed by atoms with Crippen molar-refractivity contribution in [2.75, 3.05) is 26.4 Å². The summed E-state index contributed by atoms with van der Waals surface area (Å²) in [6.07, 6.45) is 50.1. The highest BCUT2D eigenvalue weighted by Crippen LogP contribution is 2.43. The van der Waals surface area contributed by atoms with Crippen LogP contribution in [0.3, 0.4) is 0 Å². The molecule has 0 aliphatic carbocycles. The van der Waals surface area contributed by atoms with Gasteiger partial charge in [0.15, 0.2) is 0 Å². The van der Waals surface area contributed by atoms with Crippen LogP contribution in [-0.4, -0.2) is 65.7 Å². The highest BCUT2D eigenvalue weighted by Gasteiger charge is 2.27. The summed E-state index contributed by atoms with van der Waals surface area (Å²) >= 11 is 0. The molecule has 0 amide bonds. The lowest BCUT2D eigenvalue weighted by molar-refractivity contribution is -0.153. The Balaban J connectivity index is 3.93. The van der Waals surface area contributed by atoms with Crippen LogP contribution in [0.2, 0.25) is 0 Å². The van der Waals surface area contributed by atoms with Crippen LogP contribution in [0.15, 0.2) is 72.9 Å². The molecule has 0 aromatic heterocycles. The monoisotopic (exact) mass is 851 g/mol. The van der Waals surface area contributed by atoms with Gasteiger partial charge in [0.05, 0.1) is 26.4 Å². The van der Waals surface area contributed by atoms with Gasteiger partial charge in [-0.2, -0.15) is 0 Å². The van der Waals surface area contributed by atoms with Crippen LogP contribution in [0.4, 0.5) is 0 Å². The molecule has 0 radical (unpaired) electrons. The molecule has 0 heterocycles. The number of unbranched alkanes of at least 4 members (excludes halogenated alkanes) is 16. The fraction of sp³-hybridized carbons (Fsp3) is 0.708. The van der Waals surface area contributed by atoms with Crippen molar-refractivity contribution in [3.63, 3.8) is 0 Å². The summed E-state index contributed by atoms with van der Waals surface area (Å²) in [5.41, 5.74) is 0. The van der Waals surface area contributed by atoms with Crippen LogP contribution >= 0.6 is 7.82 Å². The zero-order valence-electron chi connectivity index (χ0n) is 36.9. The normalized spacial score (nSPS) is 14.5. The van der Waals surface area contributed by atoms with Gasteiger partial charge in [-0.1, -0.05) is 157 Å². The van der Waals surface area contributed by atoms with Crippen LogP contribution in [0.5, 0.6) is 0 Å². The highest BCUT2D eigenvalue weighted by molar-refractivity contribution is 7.47. The average molecular weight is 851 g/mol. The highest BCUT2D eigenvalue weighted by atomic mass is 31.2. The van der Waals surface area contributed by atoms with Gasteiger partial charge in [0.2, 0.25) is 0 Å². The SMILES string of the molecule is CC/C=C\C/C=C\C/C=C\C/C=C\CCCCCCCCCCC(=O)OC(CO)COP(=O)(O)OCC(CO)OC(=O)CCCCCCC/C=C\C/C=C\CCCCC. The van der Waals surface area contributed by atoms with Gasteiger partial charge >= 0.3 is 19.8 Å². The van der Waals surface area contributed by atoms with Gasteiger partial charge in [0, 0.05) is 12.8 Å². The smallest absolute Gasteiger partial charge is 0.457 e. The van der Waals surface area contributed by atoms with Crippen LogP contribution in [-0.2, 0) is 32.7 Å². The molecule has 11 heteroatoms. The van der Waals surface area contributed by atoms with Crippen molar-refractivity contribution in [2.45, 2.75) is 193 Å². The van der Waals surface area contributed by atoms with Crippen molar-refractivity contribution < 1.29 is 47.8 Å². The zero-order chi connectivity index (χ0) is 43.3. The van der Waals surface area contributed by atoms with Gasteiger partial charge in [-0.25, -0.2) is 4.57 Å². The van der Waals surface area contributed by atoms with Gasteiger partial charge in [-0.15, -0.1) is 0 Å². The van der Waals surface area contributed by atoms with Crippen molar-refractivity contribution in [3.05, 3.63) is 72.9 Å². The van der Waals surface area contributed by atoms with Gasteiger partial charge < -0.3 is 24.6 Å². The lowest BCUT2D eigenvalue weighted by Crippen LogP contribution is -2.28. The summed E-state index contributed by atoms with van der Waals surface area (Å²) < 4.78 is 32.6. The largest absolute Gasteiger partial charge is 0.472 e.